The van der Waals surface area contributed by atoms with Crippen LogP contribution in [0.3, 0.4) is 0 Å². The number of methoxy groups -OCH3 is 1. The standard InChI is InChI=1S/C17H16Cl2N2O3/c1-10-3-4-11(17(23)24-2)7-15(10)21-16(22)9-20-12-5-6-13(18)14(19)8-12/h3-8,20H,9H2,1-2H3,(H,21,22). The Bertz CT molecular complexity index is 778. The number of hydrogen-bond acceptors (Lipinski definition) is 4. The minimum Gasteiger partial charge on any atom is -0.465 e. The van der Waals surface area contributed by atoms with Crippen LogP contribution in [0.1, 0.15) is 15.9 Å². The van der Waals surface area contributed by atoms with Crippen LogP contribution in [0, 0.1) is 6.92 Å². The molecule has 0 spiro atoms. The summed E-state index contributed by atoms with van der Waals surface area (Å²) in [4.78, 5) is 23.7. The van der Waals surface area contributed by atoms with E-state index in [1.54, 1.807) is 36.4 Å². The van der Waals surface area contributed by atoms with E-state index in [1.807, 2.05) is 6.92 Å². The lowest BCUT2D eigenvalue weighted by molar-refractivity contribution is -0.114. The number of halogens is 2. The zero-order chi connectivity index (χ0) is 17.7. The van der Waals surface area contributed by atoms with Crippen LogP contribution >= 0.6 is 23.2 Å². The number of carbonyl (C=O) groups excluding carboxylic acids is 2. The highest BCUT2D eigenvalue weighted by atomic mass is 35.5. The molecule has 0 bridgehead atoms. The number of nitrogens with one attached hydrogen (secondary N) is 2. The predicted molar refractivity (Wildman–Crippen MR) is 96.1 cm³/mol. The number of anilines is 2. The van der Waals surface area contributed by atoms with Crippen molar-refractivity contribution in [3.05, 3.63) is 57.6 Å². The summed E-state index contributed by atoms with van der Waals surface area (Å²) in [7, 11) is 1.31. The Labute approximate surface area is 149 Å². The van der Waals surface area contributed by atoms with Crippen LogP contribution in [-0.4, -0.2) is 25.5 Å². The molecule has 2 aromatic rings. The van der Waals surface area contributed by atoms with Gasteiger partial charge in [-0.2, -0.15) is 0 Å². The first-order valence-corrected chi connectivity index (χ1v) is 7.84. The number of esters is 1. The fourth-order valence-corrected chi connectivity index (χ4v) is 2.28. The van der Waals surface area contributed by atoms with Gasteiger partial charge in [0.15, 0.2) is 0 Å². The number of ether oxygens (including phenoxy) is 1. The Balaban J connectivity index is 2.01. The van der Waals surface area contributed by atoms with E-state index >= 15 is 0 Å². The van der Waals surface area contributed by atoms with Gasteiger partial charge < -0.3 is 15.4 Å². The molecule has 2 rings (SSSR count). The molecule has 2 N–H and O–H groups in total. The van der Waals surface area contributed by atoms with Gasteiger partial charge in [-0.05, 0) is 42.8 Å². The molecule has 0 unspecified atom stereocenters. The van der Waals surface area contributed by atoms with E-state index in [0.717, 1.165) is 5.56 Å². The molecule has 5 nitrogen and oxygen atoms in total. The lowest BCUT2D eigenvalue weighted by atomic mass is 10.1. The first kappa shape index (κ1) is 18.1. The highest BCUT2D eigenvalue weighted by molar-refractivity contribution is 6.42. The maximum atomic E-state index is 12.1. The van der Waals surface area contributed by atoms with Gasteiger partial charge in [0, 0.05) is 11.4 Å². The van der Waals surface area contributed by atoms with Crippen molar-refractivity contribution < 1.29 is 14.3 Å². The smallest absolute Gasteiger partial charge is 0.337 e. The summed E-state index contributed by atoms with van der Waals surface area (Å²) in [6.45, 7) is 1.88. The van der Waals surface area contributed by atoms with E-state index in [-0.39, 0.29) is 12.5 Å². The molecule has 24 heavy (non-hydrogen) atoms. The van der Waals surface area contributed by atoms with Crippen LogP contribution in [0.2, 0.25) is 10.0 Å². The predicted octanol–water partition coefficient (Wildman–Crippen LogP) is 4.14. The van der Waals surface area contributed by atoms with E-state index in [9.17, 15) is 9.59 Å². The first-order chi connectivity index (χ1) is 11.4. The molecule has 0 radical (unpaired) electrons. The van der Waals surface area contributed by atoms with Crippen molar-refractivity contribution in [1.29, 1.82) is 0 Å². The Morgan fingerprint density at radius 1 is 1.08 bits per heavy atom. The molecule has 0 fully saturated rings. The number of rotatable bonds is 5. The van der Waals surface area contributed by atoms with Crippen LogP contribution in [-0.2, 0) is 9.53 Å². The number of carbonyl (C=O) groups is 2. The summed E-state index contributed by atoms with van der Waals surface area (Å²) < 4.78 is 4.68. The molecule has 1 amide bonds. The molecule has 2 aromatic carbocycles. The van der Waals surface area contributed by atoms with E-state index in [2.05, 4.69) is 15.4 Å². The zero-order valence-electron chi connectivity index (χ0n) is 13.2. The summed E-state index contributed by atoms with van der Waals surface area (Å²) in [6.07, 6.45) is 0. The summed E-state index contributed by atoms with van der Waals surface area (Å²) in [5.74, 6) is -0.717. The Kier molecular flexibility index (Phi) is 6.06. The molecule has 0 atom stereocenters. The minimum atomic E-state index is -0.459. The van der Waals surface area contributed by atoms with Crippen molar-refractivity contribution >= 4 is 46.5 Å². The Hall–Kier alpha value is -2.24. The second-order valence-corrected chi connectivity index (χ2v) is 5.87. The third-order valence-corrected chi connectivity index (χ3v) is 4.04. The lowest BCUT2D eigenvalue weighted by Gasteiger charge is -2.11. The number of amides is 1. The average Bonchev–Trinajstić information content (AvgIpc) is 2.57. The Morgan fingerprint density at radius 2 is 1.83 bits per heavy atom. The summed E-state index contributed by atoms with van der Waals surface area (Å²) >= 11 is 11.8. The summed E-state index contributed by atoms with van der Waals surface area (Å²) in [6, 6.07) is 9.98. The third-order valence-electron chi connectivity index (χ3n) is 3.31. The summed E-state index contributed by atoms with van der Waals surface area (Å²) in [5, 5.41) is 6.56. The maximum Gasteiger partial charge on any atom is 0.337 e. The molecule has 126 valence electrons. The zero-order valence-corrected chi connectivity index (χ0v) is 14.7. The second kappa shape index (κ2) is 8.04. The molecule has 0 aromatic heterocycles. The van der Waals surface area contributed by atoms with Gasteiger partial charge >= 0.3 is 5.97 Å². The van der Waals surface area contributed by atoms with Crippen molar-refractivity contribution in [2.24, 2.45) is 0 Å². The quantitative estimate of drug-likeness (QED) is 0.780. The monoisotopic (exact) mass is 366 g/mol. The largest absolute Gasteiger partial charge is 0.465 e. The van der Waals surface area contributed by atoms with Gasteiger partial charge in [0.25, 0.3) is 0 Å². The van der Waals surface area contributed by atoms with Gasteiger partial charge in [-0.1, -0.05) is 29.3 Å². The van der Waals surface area contributed by atoms with Crippen LogP contribution in [0.5, 0.6) is 0 Å². The number of aryl methyl sites for hydroxylation is 1. The van der Waals surface area contributed by atoms with E-state index < -0.39 is 5.97 Å². The van der Waals surface area contributed by atoms with Crippen molar-refractivity contribution in [3.63, 3.8) is 0 Å². The molecule has 0 aliphatic heterocycles. The van der Waals surface area contributed by atoms with Crippen LogP contribution in [0.25, 0.3) is 0 Å². The van der Waals surface area contributed by atoms with Gasteiger partial charge in [-0.25, -0.2) is 4.79 Å². The number of benzene rings is 2. The highest BCUT2D eigenvalue weighted by Crippen LogP contribution is 2.25. The third kappa shape index (κ3) is 4.63. The van der Waals surface area contributed by atoms with E-state index in [1.165, 1.54) is 7.11 Å². The van der Waals surface area contributed by atoms with Crippen molar-refractivity contribution in [3.8, 4) is 0 Å². The molecule has 0 aliphatic rings. The van der Waals surface area contributed by atoms with Crippen molar-refractivity contribution in [1.82, 2.24) is 0 Å². The number of hydrogen-bond donors (Lipinski definition) is 2. The molecule has 0 heterocycles. The summed E-state index contributed by atoms with van der Waals surface area (Å²) in [5.41, 5.74) is 2.44. The van der Waals surface area contributed by atoms with Crippen molar-refractivity contribution in [2.45, 2.75) is 6.92 Å². The topological polar surface area (TPSA) is 67.4 Å². The Morgan fingerprint density at radius 3 is 2.50 bits per heavy atom. The highest BCUT2D eigenvalue weighted by Gasteiger charge is 2.10. The van der Waals surface area contributed by atoms with E-state index in [0.29, 0.717) is 27.0 Å². The molecule has 0 aliphatic carbocycles. The molecular formula is C17H16Cl2N2O3. The van der Waals surface area contributed by atoms with Crippen LogP contribution in [0.4, 0.5) is 11.4 Å². The normalized spacial score (nSPS) is 10.2. The lowest BCUT2D eigenvalue weighted by Crippen LogP contribution is -2.22. The minimum absolute atomic E-state index is 0.0415. The fraction of sp³-hybridized carbons (Fsp3) is 0.176. The molecule has 0 saturated heterocycles. The van der Waals surface area contributed by atoms with Gasteiger partial charge in [0.1, 0.15) is 0 Å². The molecule has 0 saturated carbocycles. The first-order valence-electron chi connectivity index (χ1n) is 7.08. The van der Waals surface area contributed by atoms with Gasteiger partial charge in [-0.15, -0.1) is 0 Å². The second-order valence-electron chi connectivity index (χ2n) is 5.05. The molecular weight excluding hydrogens is 351 g/mol. The van der Waals surface area contributed by atoms with E-state index in [4.69, 9.17) is 23.2 Å². The van der Waals surface area contributed by atoms with Gasteiger partial charge in [0.05, 0.1) is 29.3 Å². The van der Waals surface area contributed by atoms with Crippen molar-refractivity contribution in [2.75, 3.05) is 24.3 Å². The maximum absolute atomic E-state index is 12.1. The molecule has 7 heteroatoms. The van der Waals surface area contributed by atoms with Crippen LogP contribution in [0.15, 0.2) is 36.4 Å². The SMILES string of the molecule is COC(=O)c1ccc(C)c(NC(=O)CNc2ccc(Cl)c(Cl)c2)c1. The average molecular weight is 367 g/mol. The fourth-order valence-electron chi connectivity index (χ4n) is 1.98. The van der Waals surface area contributed by atoms with Gasteiger partial charge in [-0.3, -0.25) is 4.79 Å². The van der Waals surface area contributed by atoms with Gasteiger partial charge in [0.2, 0.25) is 5.91 Å². The van der Waals surface area contributed by atoms with Crippen LogP contribution < -0.4 is 10.6 Å².